The first-order valence-corrected chi connectivity index (χ1v) is 6.79. The van der Waals surface area contributed by atoms with Crippen molar-refractivity contribution in [2.45, 2.75) is 30.2 Å². The van der Waals surface area contributed by atoms with Crippen LogP contribution in [0.2, 0.25) is 0 Å². The number of thioether (sulfide) groups is 1. The lowest BCUT2D eigenvalue weighted by atomic mass is 10.4. The molecule has 0 bridgehead atoms. The van der Waals surface area contributed by atoms with E-state index in [-0.39, 0.29) is 0 Å². The number of rotatable bonds is 7. The predicted molar refractivity (Wildman–Crippen MR) is 69.0 cm³/mol. The molecule has 0 atom stereocenters. The van der Waals surface area contributed by atoms with Gasteiger partial charge in [-0.2, -0.15) is 0 Å². The molecule has 0 radical (unpaired) electrons. The van der Waals surface area contributed by atoms with Gasteiger partial charge < -0.3 is 10.2 Å². The molecule has 17 heavy (non-hydrogen) atoms. The van der Waals surface area contributed by atoms with E-state index in [9.17, 15) is 0 Å². The summed E-state index contributed by atoms with van der Waals surface area (Å²) in [4.78, 5) is 8.93. The Kier molecular flexibility index (Phi) is 4.58. The van der Waals surface area contributed by atoms with Crippen molar-refractivity contribution >= 4 is 17.6 Å². The Morgan fingerprint density at radius 2 is 2.35 bits per heavy atom. The van der Waals surface area contributed by atoms with Crippen molar-refractivity contribution in [2.24, 2.45) is 5.84 Å². The molecule has 0 aliphatic heterocycles. The second-order valence-electron chi connectivity index (χ2n) is 4.06. The molecule has 0 saturated heterocycles. The molecule has 2 rings (SSSR count). The van der Waals surface area contributed by atoms with Crippen molar-refractivity contribution < 1.29 is 4.74 Å². The number of ether oxygens (including phenoxy) is 1. The van der Waals surface area contributed by atoms with Gasteiger partial charge in [-0.25, -0.2) is 15.8 Å². The summed E-state index contributed by atoms with van der Waals surface area (Å²) in [5.41, 5.74) is 2.60. The minimum atomic E-state index is 0.543. The number of nitrogens with one attached hydrogen (secondary N) is 1. The lowest BCUT2D eigenvalue weighted by Gasteiger charge is -2.06. The first-order valence-electron chi connectivity index (χ1n) is 5.81. The lowest BCUT2D eigenvalue weighted by molar-refractivity contribution is 0.200. The second-order valence-corrected chi connectivity index (χ2v) is 5.18. The second kappa shape index (κ2) is 6.18. The van der Waals surface area contributed by atoms with Gasteiger partial charge in [-0.1, -0.05) is 0 Å². The molecule has 5 nitrogen and oxygen atoms in total. The van der Waals surface area contributed by atoms with Crippen LogP contribution in [0.3, 0.4) is 0 Å². The fourth-order valence-electron chi connectivity index (χ4n) is 1.49. The van der Waals surface area contributed by atoms with Gasteiger partial charge in [0, 0.05) is 31.5 Å². The molecule has 1 saturated carbocycles. The van der Waals surface area contributed by atoms with E-state index in [0.717, 1.165) is 29.6 Å². The summed E-state index contributed by atoms with van der Waals surface area (Å²) in [7, 11) is 1.72. The van der Waals surface area contributed by atoms with Gasteiger partial charge in [0.1, 0.15) is 16.7 Å². The minimum Gasteiger partial charge on any atom is -0.385 e. The summed E-state index contributed by atoms with van der Waals surface area (Å²) in [5.74, 6) is 8.59. The average Bonchev–Trinajstić information content (AvgIpc) is 3.18. The Labute approximate surface area is 106 Å². The molecule has 94 valence electrons. The summed E-state index contributed by atoms with van der Waals surface area (Å²) in [6.07, 6.45) is 3.42. The number of anilines is 1. The van der Waals surface area contributed by atoms with Crippen LogP contribution in [0, 0.1) is 0 Å². The summed E-state index contributed by atoms with van der Waals surface area (Å²) in [6.45, 7) is 0.787. The maximum atomic E-state index is 5.41. The predicted octanol–water partition coefficient (Wildman–Crippen LogP) is 1.77. The van der Waals surface area contributed by atoms with E-state index in [2.05, 4.69) is 15.4 Å². The number of hydrogen-bond acceptors (Lipinski definition) is 6. The van der Waals surface area contributed by atoms with Crippen LogP contribution in [-0.4, -0.2) is 29.4 Å². The van der Waals surface area contributed by atoms with Gasteiger partial charge in [-0.3, -0.25) is 0 Å². The highest BCUT2D eigenvalue weighted by Crippen LogP contribution is 2.39. The van der Waals surface area contributed by atoms with Crippen molar-refractivity contribution in [2.75, 3.05) is 24.9 Å². The molecule has 3 N–H and O–H groups in total. The normalized spacial score (nSPS) is 14.9. The summed E-state index contributed by atoms with van der Waals surface area (Å²) in [5, 5.41) is 0.992. The molecule has 1 aliphatic carbocycles. The van der Waals surface area contributed by atoms with Crippen molar-refractivity contribution in [3.63, 3.8) is 0 Å². The Balaban J connectivity index is 1.97. The van der Waals surface area contributed by atoms with Crippen LogP contribution in [0.4, 0.5) is 5.82 Å². The van der Waals surface area contributed by atoms with Crippen LogP contribution in [0.5, 0.6) is 0 Å². The third-order valence-electron chi connectivity index (χ3n) is 2.55. The number of hydrazine groups is 1. The number of nitrogens with two attached hydrogens (primary N) is 1. The Morgan fingerprint density at radius 1 is 1.53 bits per heavy atom. The van der Waals surface area contributed by atoms with Crippen LogP contribution in [0.15, 0.2) is 11.1 Å². The molecule has 0 aromatic carbocycles. The Hall–Kier alpha value is -0.850. The van der Waals surface area contributed by atoms with Crippen LogP contribution in [0.25, 0.3) is 0 Å². The third-order valence-corrected chi connectivity index (χ3v) is 3.55. The van der Waals surface area contributed by atoms with Gasteiger partial charge in [0.25, 0.3) is 0 Å². The Bertz CT molecular complexity index is 370. The van der Waals surface area contributed by atoms with E-state index < -0.39 is 0 Å². The first kappa shape index (κ1) is 12.6. The minimum absolute atomic E-state index is 0.543. The van der Waals surface area contributed by atoms with Crippen molar-refractivity contribution in [1.29, 1.82) is 0 Å². The molecule has 0 unspecified atom stereocenters. The van der Waals surface area contributed by atoms with E-state index in [1.165, 1.54) is 12.8 Å². The molecule has 1 aromatic heterocycles. The van der Waals surface area contributed by atoms with Crippen molar-refractivity contribution in [3.8, 4) is 0 Å². The summed E-state index contributed by atoms with van der Waals surface area (Å²) in [6, 6.07) is 1.89. The number of hydrogen-bond donors (Lipinski definition) is 2. The molecule has 1 fully saturated rings. The topological polar surface area (TPSA) is 73.1 Å². The monoisotopic (exact) mass is 254 g/mol. The number of nitrogen functional groups attached to an aromatic ring is 1. The molecule has 1 aliphatic rings. The fourth-order valence-corrected chi connectivity index (χ4v) is 2.32. The highest BCUT2D eigenvalue weighted by Gasteiger charge is 2.27. The standard InChI is InChI=1S/C11H18N4OS/c1-16-5-2-6-17-10-7-9(15-12)13-11(14-10)8-3-4-8/h7-8H,2-6,12H2,1H3,(H,13,14,15). The zero-order valence-corrected chi connectivity index (χ0v) is 10.8. The smallest absolute Gasteiger partial charge is 0.144 e. The fraction of sp³-hybridized carbons (Fsp3) is 0.636. The highest BCUT2D eigenvalue weighted by atomic mass is 32.2. The van der Waals surface area contributed by atoms with Gasteiger partial charge in [-0.15, -0.1) is 11.8 Å². The number of methoxy groups -OCH3 is 1. The SMILES string of the molecule is COCCCSc1cc(NN)nc(C2CC2)n1. The zero-order chi connectivity index (χ0) is 12.1. The van der Waals surface area contributed by atoms with Crippen LogP contribution < -0.4 is 11.3 Å². The third kappa shape index (κ3) is 3.83. The van der Waals surface area contributed by atoms with E-state index in [4.69, 9.17) is 10.6 Å². The number of aromatic nitrogens is 2. The summed E-state index contributed by atoms with van der Waals surface area (Å²) < 4.78 is 5.02. The molecule has 0 amide bonds. The zero-order valence-electron chi connectivity index (χ0n) is 9.98. The van der Waals surface area contributed by atoms with Gasteiger partial charge in [-0.05, 0) is 19.3 Å². The van der Waals surface area contributed by atoms with Gasteiger partial charge in [0.05, 0.1) is 0 Å². The van der Waals surface area contributed by atoms with Crippen molar-refractivity contribution in [3.05, 3.63) is 11.9 Å². The van der Waals surface area contributed by atoms with Gasteiger partial charge in [0.15, 0.2) is 0 Å². The van der Waals surface area contributed by atoms with E-state index in [1.54, 1.807) is 18.9 Å². The van der Waals surface area contributed by atoms with Gasteiger partial charge >= 0.3 is 0 Å². The highest BCUT2D eigenvalue weighted by molar-refractivity contribution is 7.99. The average molecular weight is 254 g/mol. The maximum absolute atomic E-state index is 5.41. The molecule has 6 heteroatoms. The van der Waals surface area contributed by atoms with Gasteiger partial charge in [0.2, 0.25) is 0 Å². The van der Waals surface area contributed by atoms with Crippen LogP contribution in [-0.2, 0) is 4.74 Å². The first-order chi connectivity index (χ1) is 8.33. The van der Waals surface area contributed by atoms with E-state index in [1.807, 2.05) is 6.07 Å². The Morgan fingerprint density at radius 3 is 3.00 bits per heavy atom. The largest absolute Gasteiger partial charge is 0.385 e. The lowest BCUT2D eigenvalue weighted by Crippen LogP contribution is -2.10. The summed E-state index contributed by atoms with van der Waals surface area (Å²) >= 11 is 1.72. The van der Waals surface area contributed by atoms with Crippen LogP contribution in [0.1, 0.15) is 31.0 Å². The molecule has 0 spiro atoms. The molecule has 1 aromatic rings. The molecular weight excluding hydrogens is 236 g/mol. The van der Waals surface area contributed by atoms with E-state index >= 15 is 0 Å². The maximum Gasteiger partial charge on any atom is 0.144 e. The quantitative estimate of drug-likeness (QED) is 0.254. The van der Waals surface area contributed by atoms with Crippen LogP contribution >= 0.6 is 11.8 Å². The van der Waals surface area contributed by atoms with E-state index in [0.29, 0.717) is 11.7 Å². The number of nitrogens with zero attached hydrogens (tertiary/aromatic N) is 2. The van der Waals surface area contributed by atoms with Crippen molar-refractivity contribution in [1.82, 2.24) is 9.97 Å². The molecular formula is C11H18N4OS. The molecule has 1 heterocycles.